The molecule has 0 aliphatic rings. The molecule has 6 aromatic carbocycles. The van der Waals surface area contributed by atoms with E-state index >= 15 is 0 Å². The maximum absolute atomic E-state index is 2.23. The van der Waals surface area contributed by atoms with Crippen LogP contribution in [0.4, 0.5) is 0 Å². The normalized spacial score (nSPS) is 10.3. The Hall–Kier alpha value is -3.16. The molecule has 0 amide bonds. The van der Waals surface area contributed by atoms with Crippen molar-refractivity contribution in [3.63, 3.8) is 0 Å². The van der Waals surface area contributed by atoms with Crippen LogP contribution >= 0.6 is 15.8 Å². The molecule has 0 saturated carbocycles. The molecule has 198 valence electrons. The first-order valence-corrected chi connectivity index (χ1v) is 15.5. The van der Waals surface area contributed by atoms with Crippen LogP contribution < -0.4 is 31.8 Å². The van der Waals surface area contributed by atoms with E-state index in [0.29, 0.717) is 0 Å². The van der Waals surface area contributed by atoms with Crippen molar-refractivity contribution in [1.82, 2.24) is 0 Å². The number of benzene rings is 6. The monoisotopic (exact) mass is 718 g/mol. The molecule has 0 aromatic heterocycles. The van der Waals surface area contributed by atoms with Crippen LogP contribution in [0.25, 0.3) is 0 Å². The molecule has 0 fully saturated rings. The fraction of sp³-hybridized carbons (Fsp3) is 0. The largest absolute Gasteiger partial charge is 0.0622 e. The summed E-state index contributed by atoms with van der Waals surface area (Å²) in [7, 11) is -0.892. The summed E-state index contributed by atoms with van der Waals surface area (Å²) in [5.74, 6) is 0. The molecule has 6 aromatic rings. The summed E-state index contributed by atoms with van der Waals surface area (Å²) >= 11 is 0. The van der Waals surface area contributed by atoms with Crippen LogP contribution in [0.15, 0.2) is 182 Å². The zero-order valence-electron chi connectivity index (χ0n) is 21.2. The van der Waals surface area contributed by atoms with Crippen molar-refractivity contribution < 1.29 is 20.4 Å². The van der Waals surface area contributed by atoms with E-state index in [1.807, 2.05) is 0 Å². The Balaban J connectivity index is 0.000000176. The predicted molar refractivity (Wildman–Crippen MR) is 180 cm³/mol. The summed E-state index contributed by atoms with van der Waals surface area (Å²) in [5.41, 5.74) is 0. The minimum atomic E-state index is -0.446. The molecule has 1 radical (unpaired) electrons. The van der Waals surface area contributed by atoms with Gasteiger partial charge in [0, 0.05) is 0 Å². The third-order valence-electron chi connectivity index (χ3n) is 6.09. The summed E-state index contributed by atoms with van der Waals surface area (Å²) in [4.78, 5) is 0. The summed E-state index contributed by atoms with van der Waals surface area (Å²) in [5, 5.41) is 8.39. The molecule has 3 heteroatoms. The topological polar surface area (TPSA) is 0 Å². The molecule has 6 rings (SSSR count). The molecule has 39 heavy (non-hydrogen) atoms. The van der Waals surface area contributed by atoms with Crippen LogP contribution in [-0.2, 0) is 20.4 Å². The smallest absolute Gasteiger partial charge is 0.0134 e. The van der Waals surface area contributed by atoms with Crippen LogP contribution in [0.5, 0.6) is 0 Å². The van der Waals surface area contributed by atoms with Gasteiger partial charge in [0.15, 0.2) is 0 Å². The van der Waals surface area contributed by atoms with E-state index in [-0.39, 0.29) is 20.4 Å². The van der Waals surface area contributed by atoms with Gasteiger partial charge in [-0.25, -0.2) is 0 Å². The number of rotatable bonds is 6. The summed E-state index contributed by atoms with van der Waals surface area (Å²) in [6, 6.07) is 64.7. The van der Waals surface area contributed by atoms with E-state index < -0.39 is 15.8 Å². The number of hydrogen-bond donors (Lipinski definition) is 0. The zero-order valence-corrected chi connectivity index (χ0v) is 23.0. The molecular formula is C36H37P2Re. The minimum absolute atomic E-state index is 0. The summed E-state index contributed by atoms with van der Waals surface area (Å²) < 4.78 is 0. The molecule has 0 N–H and O–H groups in total. The maximum atomic E-state index is 2.23. The standard InChI is InChI=1S/2C18H15P.Re.7H/c2*1-4-10-16(11-5-1)19(17-12-6-2-7-13-17)18-14-8-3-9-15-18;;;;;;;;/h2*1-15H;;;;;;;;. The summed E-state index contributed by atoms with van der Waals surface area (Å²) in [6.07, 6.45) is 0. The van der Waals surface area contributed by atoms with Gasteiger partial charge < -0.3 is 0 Å². The molecule has 0 unspecified atom stereocenters. The van der Waals surface area contributed by atoms with Gasteiger partial charge in [0.2, 0.25) is 0 Å². The average molecular weight is 718 g/mol. The molecule has 0 atom stereocenters. The fourth-order valence-electron chi connectivity index (χ4n) is 4.36. The molecule has 0 aliphatic carbocycles. The van der Waals surface area contributed by atoms with Crippen molar-refractivity contribution in [1.29, 1.82) is 0 Å². The average Bonchev–Trinajstić information content (AvgIpc) is 3.01. The Morgan fingerprint density at radius 2 is 0.333 bits per heavy atom. The van der Waals surface area contributed by atoms with E-state index in [4.69, 9.17) is 0 Å². The van der Waals surface area contributed by atoms with Crippen molar-refractivity contribution >= 4 is 47.7 Å². The Bertz CT molecular complexity index is 1170. The van der Waals surface area contributed by atoms with Gasteiger partial charge in [0.25, 0.3) is 0 Å². The van der Waals surface area contributed by atoms with Crippen molar-refractivity contribution in [3.05, 3.63) is 182 Å². The van der Waals surface area contributed by atoms with Crippen molar-refractivity contribution in [2.45, 2.75) is 0 Å². The van der Waals surface area contributed by atoms with Gasteiger partial charge in [-0.15, -0.1) is 0 Å². The first-order chi connectivity index (χ1) is 18.9. The molecule has 0 bridgehead atoms. The molecule has 0 saturated heterocycles. The van der Waals surface area contributed by atoms with Gasteiger partial charge >= 0.3 is 20.4 Å². The van der Waals surface area contributed by atoms with E-state index in [0.717, 1.165) is 0 Å². The Labute approximate surface area is 249 Å². The Kier molecular flexibility index (Phi) is 11.4. The Morgan fingerprint density at radius 3 is 0.462 bits per heavy atom. The molecule has 0 heterocycles. The first-order valence-electron chi connectivity index (χ1n) is 12.8. The van der Waals surface area contributed by atoms with E-state index in [1.165, 1.54) is 31.8 Å². The SMILES string of the molecule is [ReH7].c1ccc(P(c2ccccc2)c2ccccc2)cc1.c1ccc(P(c2ccccc2)c2ccccc2)cc1. The second-order valence-electron chi connectivity index (χ2n) is 8.68. The van der Waals surface area contributed by atoms with Gasteiger partial charge in [-0.2, -0.15) is 0 Å². The van der Waals surface area contributed by atoms with Crippen molar-refractivity contribution in [2.75, 3.05) is 0 Å². The van der Waals surface area contributed by atoms with E-state index in [1.54, 1.807) is 0 Å². The van der Waals surface area contributed by atoms with Gasteiger partial charge in [-0.1, -0.05) is 182 Å². The van der Waals surface area contributed by atoms with Crippen LogP contribution in [0.2, 0.25) is 0 Å². The van der Waals surface area contributed by atoms with Crippen molar-refractivity contribution in [3.8, 4) is 0 Å². The maximum Gasteiger partial charge on any atom is -0.0134 e. The van der Waals surface area contributed by atoms with Crippen LogP contribution in [-0.4, -0.2) is 0 Å². The van der Waals surface area contributed by atoms with Crippen LogP contribution in [0, 0.1) is 0 Å². The fourth-order valence-corrected chi connectivity index (χ4v) is 8.97. The summed E-state index contributed by atoms with van der Waals surface area (Å²) in [6.45, 7) is 0. The van der Waals surface area contributed by atoms with E-state index in [9.17, 15) is 0 Å². The second kappa shape index (κ2) is 15.4. The molecule has 0 spiro atoms. The molecule has 0 aliphatic heterocycles. The van der Waals surface area contributed by atoms with Gasteiger partial charge in [-0.3, -0.25) is 0 Å². The van der Waals surface area contributed by atoms with Gasteiger partial charge in [0.1, 0.15) is 0 Å². The van der Waals surface area contributed by atoms with Crippen molar-refractivity contribution in [2.24, 2.45) is 0 Å². The molecular weight excluding hydrogens is 681 g/mol. The Morgan fingerprint density at radius 1 is 0.205 bits per heavy atom. The zero-order chi connectivity index (χ0) is 25.8. The molecule has 0 nitrogen and oxygen atoms in total. The second-order valence-corrected chi connectivity index (χ2v) is 13.1. The third kappa shape index (κ3) is 7.93. The first kappa shape index (κ1) is 28.8. The van der Waals surface area contributed by atoms with Gasteiger partial charge in [0.05, 0.1) is 0 Å². The number of hydrogen-bond acceptors (Lipinski definition) is 0. The van der Waals surface area contributed by atoms with E-state index in [2.05, 4.69) is 182 Å². The van der Waals surface area contributed by atoms with Crippen LogP contribution in [0.3, 0.4) is 0 Å². The third-order valence-corrected chi connectivity index (χ3v) is 11.0. The van der Waals surface area contributed by atoms with Crippen LogP contribution in [0.1, 0.15) is 0 Å². The van der Waals surface area contributed by atoms with Gasteiger partial charge in [-0.05, 0) is 47.7 Å². The quantitative estimate of drug-likeness (QED) is 0.213. The predicted octanol–water partition coefficient (Wildman–Crippen LogP) is 5.01. The minimum Gasteiger partial charge on any atom is -0.0622 e.